The Morgan fingerprint density at radius 3 is 2.37 bits per heavy atom. The average molecular weight is 256 g/mol. The van der Waals surface area contributed by atoms with Crippen LogP contribution < -0.4 is 4.90 Å². The number of carbonyl (C=O) groups is 1. The number of nitrogens with zero attached hydrogens (tertiary/aromatic N) is 1. The predicted molar refractivity (Wildman–Crippen MR) is 78.8 cm³/mol. The topological polar surface area (TPSA) is 36.1 Å². The second kappa shape index (κ2) is 5.31. The second-order valence-electron chi connectivity index (χ2n) is 4.79. The van der Waals surface area contributed by atoms with Crippen molar-refractivity contribution in [3.8, 4) is 0 Å². The van der Waals surface area contributed by atoms with Crippen LogP contribution in [0.4, 0.5) is 5.82 Å². The fourth-order valence-electron chi connectivity index (χ4n) is 2.51. The van der Waals surface area contributed by atoms with E-state index in [9.17, 15) is 4.79 Å². The van der Waals surface area contributed by atoms with Crippen LogP contribution in [0.25, 0.3) is 0 Å². The summed E-state index contributed by atoms with van der Waals surface area (Å²) in [6.45, 7) is 6.24. The highest BCUT2D eigenvalue weighted by Gasteiger charge is 2.19. The van der Waals surface area contributed by atoms with E-state index in [2.05, 4.69) is 25.8 Å². The van der Waals surface area contributed by atoms with Crippen LogP contribution in [-0.2, 0) is 6.42 Å². The smallest absolute Gasteiger partial charge is 0.259 e. The molecular weight excluding hydrogens is 236 g/mol. The monoisotopic (exact) mass is 256 g/mol. The Hall–Kier alpha value is -2.03. The second-order valence-corrected chi connectivity index (χ2v) is 4.79. The fraction of sp³-hybridized carbons (Fsp3) is 0.312. The van der Waals surface area contributed by atoms with Gasteiger partial charge in [0.15, 0.2) is 0 Å². The number of H-pyrrole nitrogens is 1. The van der Waals surface area contributed by atoms with Gasteiger partial charge in [0.1, 0.15) is 5.82 Å². The summed E-state index contributed by atoms with van der Waals surface area (Å²) in [4.78, 5) is 17.4. The predicted octanol–water partition coefficient (Wildman–Crippen LogP) is 3.47. The third-order valence-electron chi connectivity index (χ3n) is 3.58. The van der Waals surface area contributed by atoms with Crippen LogP contribution in [0.5, 0.6) is 0 Å². The minimum absolute atomic E-state index is 0.00704. The maximum atomic E-state index is 12.4. The molecular formula is C16H20N2O. The van der Waals surface area contributed by atoms with Gasteiger partial charge in [-0.05, 0) is 43.5 Å². The first-order chi connectivity index (χ1) is 9.06. The van der Waals surface area contributed by atoms with Gasteiger partial charge in [0.25, 0.3) is 5.91 Å². The van der Waals surface area contributed by atoms with Gasteiger partial charge in [-0.1, -0.05) is 25.1 Å². The van der Waals surface area contributed by atoms with E-state index in [4.69, 9.17) is 0 Å². The Balaban J connectivity index is 2.35. The summed E-state index contributed by atoms with van der Waals surface area (Å²) in [7, 11) is 1.81. The number of anilines is 1. The zero-order chi connectivity index (χ0) is 14.0. The molecule has 19 heavy (non-hydrogen) atoms. The molecule has 0 aliphatic carbocycles. The number of hydrogen-bond acceptors (Lipinski definition) is 1. The van der Waals surface area contributed by atoms with Crippen LogP contribution in [0, 0.1) is 13.8 Å². The lowest BCUT2D eigenvalue weighted by Gasteiger charge is -2.17. The van der Waals surface area contributed by atoms with Crippen LogP contribution in [-0.4, -0.2) is 17.9 Å². The van der Waals surface area contributed by atoms with E-state index in [-0.39, 0.29) is 5.91 Å². The van der Waals surface area contributed by atoms with Gasteiger partial charge in [-0.15, -0.1) is 0 Å². The molecule has 0 spiro atoms. The summed E-state index contributed by atoms with van der Waals surface area (Å²) in [6.07, 6.45) is 0.974. The van der Waals surface area contributed by atoms with Crippen LogP contribution in [0.2, 0.25) is 0 Å². The Labute approximate surface area is 114 Å². The van der Waals surface area contributed by atoms with E-state index < -0.39 is 0 Å². The number of aryl methyl sites for hydroxylation is 1. The zero-order valence-electron chi connectivity index (χ0n) is 11.9. The first-order valence-electron chi connectivity index (χ1n) is 6.57. The normalized spacial score (nSPS) is 10.5. The number of benzene rings is 1. The molecule has 2 aromatic rings. The van der Waals surface area contributed by atoms with Gasteiger partial charge >= 0.3 is 0 Å². The molecule has 0 bridgehead atoms. The molecule has 0 unspecified atom stereocenters. The lowest BCUT2D eigenvalue weighted by atomic mass is 10.1. The van der Waals surface area contributed by atoms with Crippen LogP contribution in [0.15, 0.2) is 30.3 Å². The molecule has 0 saturated carbocycles. The molecule has 1 aromatic carbocycles. The van der Waals surface area contributed by atoms with Crippen molar-refractivity contribution in [1.82, 2.24) is 4.98 Å². The summed E-state index contributed by atoms with van der Waals surface area (Å²) in [6, 6.07) is 9.35. The van der Waals surface area contributed by atoms with Crippen molar-refractivity contribution >= 4 is 11.7 Å². The molecule has 1 heterocycles. The van der Waals surface area contributed by atoms with Gasteiger partial charge < -0.3 is 4.98 Å². The molecule has 1 aromatic heterocycles. The van der Waals surface area contributed by atoms with Crippen molar-refractivity contribution in [2.45, 2.75) is 27.2 Å². The third kappa shape index (κ3) is 2.41. The molecule has 3 heteroatoms. The lowest BCUT2D eigenvalue weighted by Crippen LogP contribution is -2.27. The van der Waals surface area contributed by atoms with E-state index >= 15 is 0 Å². The summed E-state index contributed by atoms with van der Waals surface area (Å²) in [5.41, 5.74) is 4.30. The molecule has 0 atom stereocenters. The minimum atomic E-state index is 0.00704. The van der Waals surface area contributed by atoms with Crippen molar-refractivity contribution in [3.63, 3.8) is 0 Å². The molecule has 1 N–H and O–H groups in total. The minimum Gasteiger partial charge on any atom is -0.345 e. The van der Waals surface area contributed by atoms with Gasteiger partial charge in [0.05, 0.1) is 0 Å². The van der Waals surface area contributed by atoms with Crippen LogP contribution >= 0.6 is 0 Å². The van der Waals surface area contributed by atoms with E-state index in [0.29, 0.717) is 5.56 Å². The summed E-state index contributed by atoms with van der Waals surface area (Å²) >= 11 is 0. The molecule has 0 fully saturated rings. The van der Waals surface area contributed by atoms with Gasteiger partial charge in [0.2, 0.25) is 0 Å². The van der Waals surface area contributed by atoms with E-state index in [1.54, 1.807) is 4.90 Å². The molecule has 0 aliphatic rings. The van der Waals surface area contributed by atoms with Gasteiger partial charge in [-0.25, -0.2) is 0 Å². The first-order valence-corrected chi connectivity index (χ1v) is 6.57. The van der Waals surface area contributed by atoms with Crippen LogP contribution in [0.1, 0.15) is 34.1 Å². The highest BCUT2D eigenvalue weighted by atomic mass is 16.2. The molecule has 0 saturated heterocycles. The standard InChI is InChI=1S/C16H20N2O/c1-5-14-11(2)15(17-12(14)3)18(4)16(19)13-9-7-6-8-10-13/h6-10,17H,5H2,1-4H3. The van der Waals surface area contributed by atoms with E-state index in [1.165, 1.54) is 5.56 Å². The maximum Gasteiger partial charge on any atom is 0.259 e. The molecule has 100 valence electrons. The third-order valence-corrected chi connectivity index (χ3v) is 3.58. The molecule has 1 amide bonds. The Kier molecular flexibility index (Phi) is 3.74. The zero-order valence-corrected chi connectivity index (χ0v) is 11.9. The summed E-state index contributed by atoms with van der Waals surface area (Å²) < 4.78 is 0. The van der Waals surface area contributed by atoms with Crippen molar-refractivity contribution in [1.29, 1.82) is 0 Å². The number of carbonyl (C=O) groups excluding carboxylic acids is 1. The summed E-state index contributed by atoms with van der Waals surface area (Å²) in [5.74, 6) is 0.899. The largest absolute Gasteiger partial charge is 0.345 e. The quantitative estimate of drug-likeness (QED) is 0.896. The number of nitrogens with one attached hydrogen (secondary N) is 1. The maximum absolute atomic E-state index is 12.4. The molecule has 3 nitrogen and oxygen atoms in total. The Morgan fingerprint density at radius 1 is 1.21 bits per heavy atom. The molecule has 2 rings (SSSR count). The number of aromatic amines is 1. The fourth-order valence-corrected chi connectivity index (χ4v) is 2.51. The number of hydrogen-bond donors (Lipinski definition) is 1. The lowest BCUT2D eigenvalue weighted by molar-refractivity contribution is 0.0992. The molecule has 0 aliphatic heterocycles. The van der Waals surface area contributed by atoms with Gasteiger partial charge in [-0.2, -0.15) is 0 Å². The number of rotatable bonds is 3. The Morgan fingerprint density at radius 2 is 1.84 bits per heavy atom. The summed E-state index contributed by atoms with van der Waals surface area (Å²) in [5, 5.41) is 0. The van der Waals surface area contributed by atoms with Crippen molar-refractivity contribution in [2.75, 3.05) is 11.9 Å². The highest BCUT2D eigenvalue weighted by Crippen LogP contribution is 2.26. The van der Waals surface area contributed by atoms with Crippen molar-refractivity contribution in [3.05, 3.63) is 52.7 Å². The average Bonchev–Trinajstić information content (AvgIpc) is 2.72. The first kappa shape index (κ1) is 13.4. The van der Waals surface area contributed by atoms with Gasteiger partial charge in [0, 0.05) is 18.3 Å². The van der Waals surface area contributed by atoms with E-state index in [1.807, 2.05) is 37.4 Å². The van der Waals surface area contributed by atoms with Gasteiger partial charge in [-0.3, -0.25) is 9.69 Å². The van der Waals surface area contributed by atoms with Crippen molar-refractivity contribution < 1.29 is 4.79 Å². The number of amides is 1. The highest BCUT2D eigenvalue weighted by molar-refractivity contribution is 6.05. The Bertz CT molecular complexity index is 584. The van der Waals surface area contributed by atoms with Crippen LogP contribution in [0.3, 0.4) is 0 Å². The number of aromatic nitrogens is 1. The molecule has 0 radical (unpaired) electrons. The van der Waals surface area contributed by atoms with E-state index in [0.717, 1.165) is 23.5 Å². The SMILES string of the molecule is CCc1c(C)[nH]c(N(C)C(=O)c2ccccc2)c1C. The van der Waals surface area contributed by atoms with Crippen molar-refractivity contribution in [2.24, 2.45) is 0 Å².